The summed E-state index contributed by atoms with van der Waals surface area (Å²) in [6.45, 7) is 0. The topological polar surface area (TPSA) is 55.1 Å². The van der Waals surface area contributed by atoms with Crippen molar-refractivity contribution in [3.63, 3.8) is 0 Å². The van der Waals surface area contributed by atoms with Crippen molar-refractivity contribution in [2.24, 2.45) is 0 Å². The van der Waals surface area contributed by atoms with Gasteiger partial charge in [0.2, 0.25) is 5.91 Å². The highest BCUT2D eigenvalue weighted by atomic mass is 35.5. The molecule has 2 aromatic carbocycles. The molecule has 0 fully saturated rings. The second-order valence-corrected chi connectivity index (χ2v) is 5.04. The molecular formula is C14H11Cl2FN2O. The van der Waals surface area contributed by atoms with E-state index in [4.69, 9.17) is 28.9 Å². The molecule has 0 bridgehead atoms. The van der Waals surface area contributed by atoms with Crippen LogP contribution in [0.5, 0.6) is 0 Å². The second-order valence-electron chi connectivity index (χ2n) is 4.22. The van der Waals surface area contributed by atoms with E-state index in [1.54, 1.807) is 24.3 Å². The number of carbonyl (C=O) groups is 1. The van der Waals surface area contributed by atoms with Crippen LogP contribution in [0.4, 0.5) is 15.8 Å². The summed E-state index contributed by atoms with van der Waals surface area (Å²) in [5.41, 5.74) is 7.34. The van der Waals surface area contributed by atoms with Crippen molar-refractivity contribution in [2.75, 3.05) is 11.1 Å². The molecular weight excluding hydrogens is 302 g/mol. The van der Waals surface area contributed by atoms with Crippen molar-refractivity contribution in [1.29, 1.82) is 0 Å². The summed E-state index contributed by atoms with van der Waals surface area (Å²) < 4.78 is 13.2. The molecule has 104 valence electrons. The van der Waals surface area contributed by atoms with Crippen molar-refractivity contribution in [3.05, 3.63) is 57.8 Å². The fraction of sp³-hybridized carbons (Fsp3) is 0.0714. The number of nitrogens with one attached hydrogen (secondary N) is 1. The molecule has 0 spiro atoms. The quantitative estimate of drug-likeness (QED) is 0.667. The molecule has 0 saturated carbocycles. The minimum absolute atomic E-state index is 0.142. The Morgan fingerprint density at radius 3 is 2.45 bits per heavy atom. The summed E-state index contributed by atoms with van der Waals surface area (Å²) in [4.78, 5) is 11.9. The van der Waals surface area contributed by atoms with E-state index >= 15 is 0 Å². The lowest BCUT2D eigenvalue weighted by Gasteiger charge is -2.07. The molecule has 0 saturated heterocycles. The first-order valence-corrected chi connectivity index (χ1v) is 6.50. The zero-order chi connectivity index (χ0) is 14.7. The van der Waals surface area contributed by atoms with E-state index in [0.29, 0.717) is 11.4 Å². The van der Waals surface area contributed by atoms with E-state index in [1.165, 1.54) is 12.1 Å². The maximum Gasteiger partial charge on any atom is 0.228 e. The highest BCUT2D eigenvalue weighted by Gasteiger charge is 2.10. The molecule has 0 aliphatic heterocycles. The molecule has 1 amide bonds. The van der Waals surface area contributed by atoms with E-state index in [2.05, 4.69) is 5.32 Å². The minimum atomic E-state index is -0.706. The van der Waals surface area contributed by atoms with E-state index in [1.807, 2.05) is 0 Å². The molecule has 20 heavy (non-hydrogen) atoms. The largest absolute Gasteiger partial charge is 0.399 e. The van der Waals surface area contributed by atoms with Gasteiger partial charge in [0.1, 0.15) is 0 Å². The molecule has 0 aliphatic carbocycles. The average molecular weight is 313 g/mol. The van der Waals surface area contributed by atoms with Gasteiger partial charge < -0.3 is 11.1 Å². The average Bonchev–Trinajstić information content (AvgIpc) is 2.35. The molecule has 0 atom stereocenters. The Kier molecular flexibility index (Phi) is 4.47. The van der Waals surface area contributed by atoms with Gasteiger partial charge in [-0.1, -0.05) is 35.3 Å². The maximum atomic E-state index is 13.2. The van der Waals surface area contributed by atoms with Crippen LogP contribution in [0.1, 0.15) is 5.56 Å². The number of nitrogens with two attached hydrogens (primary N) is 1. The Morgan fingerprint density at radius 1 is 1.20 bits per heavy atom. The van der Waals surface area contributed by atoms with Gasteiger partial charge >= 0.3 is 0 Å². The van der Waals surface area contributed by atoms with Gasteiger partial charge in [-0.2, -0.15) is 0 Å². The first-order valence-electron chi connectivity index (χ1n) is 5.74. The van der Waals surface area contributed by atoms with Crippen LogP contribution in [-0.2, 0) is 11.2 Å². The molecule has 0 aromatic heterocycles. The number of hydrogen-bond acceptors (Lipinski definition) is 2. The molecule has 0 aliphatic rings. The van der Waals surface area contributed by atoms with Gasteiger partial charge in [0.25, 0.3) is 0 Å². The number of halogens is 3. The van der Waals surface area contributed by atoms with Crippen LogP contribution in [0.2, 0.25) is 10.0 Å². The number of benzene rings is 2. The summed E-state index contributed by atoms with van der Waals surface area (Å²) in [6.07, 6.45) is 0.150. The molecule has 3 nitrogen and oxygen atoms in total. The highest BCUT2D eigenvalue weighted by Crippen LogP contribution is 2.27. The van der Waals surface area contributed by atoms with Crippen molar-refractivity contribution in [3.8, 4) is 0 Å². The Morgan fingerprint density at radius 2 is 1.85 bits per heavy atom. The Bertz CT molecular complexity index is 638. The van der Waals surface area contributed by atoms with Gasteiger partial charge in [0.15, 0.2) is 5.82 Å². The summed E-state index contributed by atoms with van der Waals surface area (Å²) >= 11 is 11.3. The number of hydrogen-bond donors (Lipinski definition) is 2. The monoisotopic (exact) mass is 312 g/mol. The van der Waals surface area contributed by atoms with Gasteiger partial charge in [0, 0.05) is 11.4 Å². The zero-order valence-corrected chi connectivity index (χ0v) is 11.8. The van der Waals surface area contributed by atoms with Crippen LogP contribution < -0.4 is 11.1 Å². The SMILES string of the molecule is Nc1cccc(CC(=O)Nc2cc(Cl)c(F)c(Cl)c2)c1. The molecule has 6 heteroatoms. The van der Waals surface area contributed by atoms with Crippen molar-refractivity contribution >= 4 is 40.5 Å². The van der Waals surface area contributed by atoms with Crippen LogP contribution in [0, 0.1) is 5.82 Å². The minimum Gasteiger partial charge on any atom is -0.399 e. The zero-order valence-electron chi connectivity index (χ0n) is 10.3. The number of amides is 1. The normalized spacial score (nSPS) is 10.3. The first-order chi connectivity index (χ1) is 9.45. The maximum absolute atomic E-state index is 13.2. The van der Waals surface area contributed by atoms with Gasteiger partial charge in [-0.15, -0.1) is 0 Å². The van der Waals surface area contributed by atoms with E-state index in [-0.39, 0.29) is 22.4 Å². The van der Waals surface area contributed by atoms with E-state index in [0.717, 1.165) is 5.56 Å². The Labute approximate surface area is 125 Å². The smallest absolute Gasteiger partial charge is 0.228 e. The summed E-state index contributed by atoms with van der Waals surface area (Å²) in [5.74, 6) is -0.975. The van der Waals surface area contributed by atoms with E-state index < -0.39 is 5.82 Å². The van der Waals surface area contributed by atoms with Crippen LogP contribution in [0.15, 0.2) is 36.4 Å². The molecule has 2 aromatic rings. The number of anilines is 2. The Hall–Kier alpha value is -1.78. The van der Waals surface area contributed by atoms with Crippen LogP contribution in [0.3, 0.4) is 0 Å². The summed E-state index contributed by atoms with van der Waals surface area (Å²) in [7, 11) is 0. The van der Waals surface area contributed by atoms with Gasteiger partial charge in [0.05, 0.1) is 16.5 Å². The highest BCUT2D eigenvalue weighted by molar-refractivity contribution is 6.35. The predicted octanol–water partition coefficient (Wildman–Crippen LogP) is 3.90. The van der Waals surface area contributed by atoms with Crippen LogP contribution in [-0.4, -0.2) is 5.91 Å². The van der Waals surface area contributed by atoms with Crippen LogP contribution >= 0.6 is 23.2 Å². The first kappa shape index (κ1) is 14.6. The van der Waals surface area contributed by atoms with Gasteiger partial charge in [-0.05, 0) is 29.8 Å². The lowest BCUT2D eigenvalue weighted by Crippen LogP contribution is -2.14. The lowest BCUT2D eigenvalue weighted by molar-refractivity contribution is -0.115. The van der Waals surface area contributed by atoms with Gasteiger partial charge in [-0.3, -0.25) is 4.79 Å². The molecule has 0 unspecified atom stereocenters. The third-order valence-electron chi connectivity index (χ3n) is 2.58. The third-order valence-corrected chi connectivity index (χ3v) is 3.13. The second kappa shape index (κ2) is 6.11. The molecule has 3 N–H and O–H groups in total. The summed E-state index contributed by atoms with van der Waals surface area (Å²) in [5, 5.41) is 2.32. The fourth-order valence-corrected chi connectivity index (χ4v) is 2.21. The summed E-state index contributed by atoms with van der Waals surface area (Å²) in [6, 6.07) is 9.62. The standard InChI is InChI=1S/C14H11Cl2FN2O/c15-11-6-10(7-12(16)14(11)17)19-13(20)5-8-2-1-3-9(18)4-8/h1-4,6-7H,5,18H2,(H,19,20). The lowest BCUT2D eigenvalue weighted by atomic mass is 10.1. The molecule has 0 heterocycles. The Balaban J connectivity index is 2.09. The number of carbonyl (C=O) groups excluding carboxylic acids is 1. The fourth-order valence-electron chi connectivity index (χ4n) is 1.72. The number of nitrogen functional groups attached to an aromatic ring is 1. The van der Waals surface area contributed by atoms with E-state index in [9.17, 15) is 9.18 Å². The third kappa shape index (κ3) is 3.62. The van der Waals surface area contributed by atoms with Gasteiger partial charge in [-0.25, -0.2) is 4.39 Å². The number of rotatable bonds is 3. The molecule has 2 rings (SSSR count). The molecule has 0 radical (unpaired) electrons. The van der Waals surface area contributed by atoms with Crippen LogP contribution in [0.25, 0.3) is 0 Å². The van der Waals surface area contributed by atoms with Crippen molar-refractivity contribution in [2.45, 2.75) is 6.42 Å². The van der Waals surface area contributed by atoms with Crippen molar-refractivity contribution in [1.82, 2.24) is 0 Å². The predicted molar refractivity (Wildman–Crippen MR) is 79.6 cm³/mol. The van der Waals surface area contributed by atoms with Crippen molar-refractivity contribution < 1.29 is 9.18 Å².